The predicted molar refractivity (Wildman–Crippen MR) is 92.7 cm³/mol. The van der Waals surface area contributed by atoms with E-state index in [9.17, 15) is 9.59 Å². The molecule has 0 atom stereocenters. The van der Waals surface area contributed by atoms with Gasteiger partial charge >= 0.3 is 11.3 Å². The van der Waals surface area contributed by atoms with Crippen LogP contribution in [0, 0.1) is 0 Å². The molecule has 2 heterocycles. The molecule has 1 N–H and O–H groups in total. The largest absolute Gasteiger partial charge is 0.450 e. The fourth-order valence-corrected chi connectivity index (χ4v) is 2.69. The Morgan fingerprint density at radius 2 is 2.00 bits per heavy atom. The van der Waals surface area contributed by atoms with E-state index in [1.807, 2.05) is 25.1 Å². The quantitative estimate of drug-likeness (QED) is 0.507. The lowest BCUT2D eigenvalue weighted by molar-refractivity contribution is 0.0881. The number of hydrogen-bond acceptors (Lipinski definition) is 7. The first-order valence-electron chi connectivity index (χ1n) is 7.70. The average molecular weight is 351 g/mol. The van der Waals surface area contributed by atoms with E-state index in [4.69, 9.17) is 4.74 Å². The first-order valence-corrected chi connectivity index (χ1v) is 8.51. The average Bonchev–Trinajstić information content (AvgIpc) is 2.62. The Hall–Kier alpha value is -2.29. The maximum absolute atomic E-state index is 12.1. The van der Waals surface area contributed by atoms with Crippen LogP contribution in [-0.2, 0) is 4.74 Å². The zero-order chi connectivity index (χ0) is 17.4. The normalized spacial score (nSPS) is 15.2. The molecule has 1 aliphatic heterocycles. The molecule has 0 spiro atoms. The van der Waals surface area contributed by atoms with E-state index >= 15 is 0 Å². The van der Waals surface area contributed by atoms with Crippen molar-refractivity contribution < 1.29 is 14.3 Å². The maximum Gasteiger partial charge on any atom is 0.409 e. The van der Waals surface area contributed by atoms with Crippen LogP contribution >= 0.6 is 11.9 Å². The monoisotopic (exact) mass is 351 g/mol. The van der Waals surface area contributed by atoms with Crippen molar-refractivity contribution >= 4 is 29.0 Å². The van der Waals surface area contributed by atoms with Gasteiger partial charge in [-0.05, 0) is 26.0 Å². The summed E-state index contributed by atoms with van der Waals surface area (Å²) < 4.78 is 4.95. The molecule has 8 nitrogen and oxygen atoms in total. The van der Waals surface area contributed by atoms with Gasteiger partial charge in [-0.25, -0.2) is 9.63 Å². The third kappa shape index (κ3) is 5.12. The Bertz CT molecular complexity index is 588. The first kappa shape index (κ1) is 18.1. The van der Waals surface area contributed by atoms with Crippen LogP contribution in [0.25, 0.3) is 0 Å². The summed E-state index contributed by atoms with van der Waals surface area (Å²) >= 11 is 0.913. The third-order valence-corrected chi connectivity index (χ3v) is 4.06. The highest BCUT2D eigenvalue weighted by atomic mass is 32.2. The zero-order valence-corrected chi connectivity index (χ0v) is 14.6. The van der Waals surface area contributed by atoms with Gasteiger partial charge in [0.15, 0.2) is 0 Å². The molecule has 1 saturated heterocycles. The Kier molecular flexibility index (Phi) is 6.86. The molecule has 130 valence electrons. The van der Waals surface area contributed by atoms with Crippen molar-refractivity contribution in [3.63, 3.8) is 0 Å². The number of hydrogen-bond donors (Lipinski definition) is 1. The van der Waals surface area contributed by atoms with E-state index in [1.165, 1.54) is 0 Å². The van der Waals surface area contributed by atoms with Gasteiger partial charge in [0.25, 0.3) is 0 Å². The summed E-state index contributed by atoms with van der Waals surface area (Å²) in [6, 6.07) is 5.56. The molecule has 0 unspecified atom stereocenters. The highest BCUT2D eigenvalue weighted by Gasteiger charge is 2.25. The van der Waals surface area contributed by atoms with Gasteiger partial charge in [-0.3, -0.25) is 9.78 Å². The molecule has 2 rings (SSSR count). The molecule has 0 saturated carbocycles. The van der Waals surface area contributed by atoms with E-state index in [0.717, 1.165) is 17.6 Å². The SMILES string of the molecule is CCOC(=O)N1CCN(C(=O)SN/N=C(/C)c2ccccn2)CC1. The van der Waals surface area contributed by atoms with Crippen LogP contribution in [0.15, 0.2) is 29.5 Å². The Morgan fingerprint density at radius 1 is 1.29 bits per heavy atom. The van der Waals surface area contributed by atoms with Crippen molar-refractivity contribution in [1.29, 1.82) is 0 Å². The minimum atomic E-state index is -0.328. The number of amides is 2. The van der Waals surface area contributed by atoms with E-state index in [-0.39, 0.29) is 11.3 Å². The van der Waals surface area contributed by atoms with Gasteiger partial charge in [-0.1, -0.05) is 6.07 Å². The third-order valence-electron chi connectivity index (χ3n) is 3.45. The molecule has 0 radical (unpaired) electrons. The topological polar surface area (TPSA) is 87.1 Å². The summed E-state index contributed by atoms with van der Waals surface area (Å²) in [5, 5.41) is 4.00. The van der Waals surface area contributed by atoms with Crippen LogP contribution < -0.4 is 4.83 Å². The number of pyridine rings is 1. The molecule has 24 heavy (non-hydrogen) atoms. The van der Waals surface area contributed by atoms with Crippen LogP contribution in [0.2, 0.25) is 0 Å². The summed E-state index contributed by atoms with van der Waals surface area (Å²) in [6.07, 6.45) is 1.36. The lowest BCUT2D eigenvalue weighted by Gasteiger charge is -2.33. The molecule has 2 amide bonds. The number of aromatic nitrogens is 1. The number of carbonyl (C=O) groups is 2. The number of nitrogens with one attached hydrogen (secondary N) is 1. The van der Waals surface area contributed by atoms with Crippen LogP contribution in [0.4, 0.5) is 9.59 Å². The molecular weight excluding hydrogens is 330 g/mol. The van der Waals surface area contributed by atoms with Crippen molar-refractivity contribution in [3.05, 3.63) is 30.1 Å². The number of carbonyl (C=O) groups excluding carboxylic acids is 2. The Balaban J connectivity index is 1.75. The number of ether oxygens (including phenoxy) is 1. The van der Waals surface area contributed by atoms with Crippen LogP contribution in [0.5, 0.6) is 0 Å². The van der Waals surface area contributed by atoms with Crippen LogP contribution in [0.1, 0.15) is 19.5 Å². The summed E-state index contributed by atoms with van der Waals surface area (Å²) in [4.78, 5) is 33.9. The first-order chi connectivity index (χ1) is 11.6. The van der Waals surface area contributed by atoms with E-state index < -0.39 is 0 Å². The molecule has 1 aromatic heterocycles. The fraction of sp³-hybridized carbons (Fsp3) is 0.467. The lowest BCUT2D eigenvalue weighted by atomic mass is 10.3. The van der Waals surface area contributed by atoms with Crippen LogP contribution in [-0.4, -0.2) is 64.6 Å². The molecule has 1 aromatic rings. The number of piperazine rings is 1. The Morgan fingerprint density at radius 3 is 2.62 bits per heavy atom. The molecular formula is C15H21N5O3S. The summed E-state index contributed by atoms with van der Waals surface area (Å²) in [7, 11) is 0. The van der Waals surface area contributed by atoms with Crippen molar-refractivity contribution in [2.75, 3.05) is 32.8 Å². The molecule has 9 heteroatoms. The smallest absolute Gasteiger partial charge is 0.409 e. The highest BCUT2D eigenvalue weighted by Crippen LogP contribution is 2.10. The van der Waals surface area contributed by atoms with Gasteiger partial charge < -0.3 is 14.5 Å². The molecule has 0 aliphatic carbocycles. The zero-order valence-electron chi connectivity index (χ0n) is 13.8. The van der Waals surface area contributed by atoms with E-state index in [0.29, 0.717) is 38.5 Å². The van der Waals surface area contributed by atoms with Gasteiger partial charge in [0.05, 0.1) is 30.0 Å². The van der Waals surface area contributed by atoms with Gasteiger partial charge in [0.1, 0.15) is 0 Å². The van der Waals surface area contributed by atoms with Gasteiger partial charge in [0.2, 0.25) is 0 Å². The fourth-order valence-electron chi connectivity index (χ4n) is 2.12. The van der Waals surface area contributed by atoms with Crippen LogP contribution in [0.3, 0.4) is 0 Å². The maximum atomic E-state index is 12.1. The van der Waals surface area contributed by atoms with Crippen molar-refractivity contribution in [2.45, 2.75) is 13.8 Å². The molecule has 0 bridgehead atoms. The van der Waals surface area contributed by atoms with Crippen molar-refractivity contribution in [2.24, 2.45) is 5.10 Å². The van der Waals surface area contributed by atoms with Gasteiger partial charge in [-0.15, -0.1) is 0 Å². The summed E-state index contributed by atoms with van der Waals surface area (Å²) in [5.74, 6) is 0. The number of hydrazone groups is 1. The minimum absolute atomic E-state index is 0.129. The second-order valence-corrected chi connectivity index (χ2v) is 5.78. The number of nitrogens with zero attached hydrogens (tertiary/aromatic N) is 4. The minimum Gasteiger partial charge on any atom is -0.450 e. The Labute approximate surface area is 145 Å². The standard InChI is InChI=1S/C15H21N5O3S/c1-3-23-14(21)19-8-10-20(11-9-19)15(22)24-18-17-12(2)13-6-4-5-7-16-13/h4-7,18H,3,8-11H2,1-2H3/b17-12-. The van der Waals surface area contributed by atoms with E-state index in [2.05, 4.69) is 14.9 Å². The predicted octanol–water partition coefficient (Wildman–Crippen LogP) is 1.94. The summed E-state index contributed by atoms with van der Waals surface area (Å²) in [5.41, 5.74) is 1.45. The van der Waals surface area contributed by atoms with Crippen molar-refractivity contribution in [1.82, 2.24) is 19.6 Å². The van der Waals surface area contributed by atoms with Crippen molar-refractivity contribution in [3.8, 4) is 0 Å². The van der Waals surface area contributed by atoms with E-state index in [1.54, 1.807) is 22.9 Å². The van der Waals surface area contributed by atoms with Gasteiger partial charge in [0, 0.05) is 32.4 Å². The number of rotatable bonds is 4. The van der Waals surface area contributed by atoms with Gasteiger partial charge in [-0.2, -0.15) is 5.10 Å². The second kappa shape index (κ2) is 9.11. The lowest BCUT2D eigenvalue weighted by Crippen LogP contribution is -2.50. The molecule has 1 fully saturated rings. The molecule has 1 aliphatic rings. The highest BCUT2D eigenvalue weighted by molar-refractivity contribution is 8.11. The second-order valence-electron chi connectivity index (χ2n) is 5.04. The molecule has 0 aromatic carbocycles. The summed E-state index contributed by atoms with van der Waals surface area (Å²) in [6.45, 7) is 5.85.